The Kier molecular flexibility index (Phi) is 7.54. The number of nitrogens with one attached hydrogen (secondary N) is 1. The number of thioether (sulfide) groups is 1. The summed E-state index contributed by atoms with van der Waals surface area (Å²) in [5.41, 5.74) is 1.15. The highest BCUT2D eigenvalue weighted by Gasteiger charge is 2.33. The van der Waals surface area contributed by atoms with E-state index in [2.05, 4.69) is 15.3 Å². The van der Waals surface area contributed by atoms with Crippen LogP contribution in [-0.4, -0.2) is 48.1 Å². The van der Waals surface area contributed by atoms with E-state index >= 15 is 0 Å². The highest BCUT2D eigenvalue weighted by atomic mass is 32.2. The number of benzene rings is 1. The lowest BCUT2D eigenvalue weighted by atomic mass is 10.1. The Morgan fingerprint density at radius 2 is 2.00 bits per heavy atom. The number of rotatable bonds is 7. The number of urea groups is 1. The third-order valence-corrected chi connectivity index (χ3v) is 4.71. The fourth-order valence-electron chi connectivity index (χ4n) is 2.42. The van der Waals surface area contributed by atoms with Gasteiger partial charge in [-0.05, 0) is 19.9 Å². The minimum Gasteiger partial charge on any atom is -0.496 e. The minimum absolute atomic E-state index is 0.00441. The standard InChI is InChI=1S/C18H21N3O5S/c1-4-26-17(23)15-11(2)20-18(24)21-16(15)27-10-14(22)19-9-12-7-5-6-8-13(12)25-3/h5-8,15H,4,9-10H2,1-3H3,(H,19,22). The molecule has 0 saturated carbocycles. The number of hydrogen-bond acceptors (Lipinski definition) is 6. The number of hydrogen-bond donors (Lipinski definition) is 1. The molecule has 0 aromatic heterocycles. The average Bonchev–Trinajstić information content (AvgIpc) is 2.64. The Labute approximate surface area is 161 Å². The van der Waals surface area contributed by atoms with Crippen LogP contribution in [0.25, 0.3) is 0 Å². The van der Waals surface area contributed by atoms with Gasteiger partial charge in [-0.3, -0.25) is 9.59 Å². The first-order valence-electron chi connectivity index (χ1n) is 8.32. The van der Waals surface area contributed by atoms with Crippen LogP contribution in [0, 0.1) is 5.92 Å². The fraction of sp³-hybridized carbons (Fsp3) is 0.389. The van der Waals surface area contributed by atoms with E-state index in [1.807, 2.05) is 24.3 Å². The zero-order valence-corrected chi connectivity index (χ0v) is 16.2. The average molecular weight is 391 g/mol. The van der Waals surface area contributed by atoms with Crippen molar-refractivity contribution in [1.82, 2.24) is 5.32 Å². The van der Waals surface area contributed by atoms with Gasteiger partial charge in [-0.25, -0.2) is 4.79 Å². The number of methoxy groups -OCH3 is 1. The number of esters is 1. The molecule has 1 aromatic carbocycles. The lowest BCUT2D eigenvalue weighted by Crippen LogP contribution is -2.35. The van der Waals surface area contributed by atoms with Crippen molar-refractivity contribution >= 4 is 40.4 Å². The van der Waals surface area contributed by atoms with E-state index in [9.17, 15) is 14.4 Å². The maximum absolute atomic E-state index is 12.2. The molecule has 1 aliphatic rings. The van der Waals surface area contributed by atoms with Crippen molar-refractivity contribution in [2.45, 2.75) is 20.4 Å². The zero-order valence-electron chi connectivity index (χ0n) is 15.4. The van der Waals surface area contributed by atoms with Crippen LogP contribution in [-0.2, 0) is 20.9 Å². The Bertz CT molecular complexity index is 791. The smallest absolute Gasteiger partial charge is 0.367 e. The second-order valence-electron chi connectivity index (χ2n) is 5.55. The number of carbonyl (C=O) groups is 3. The van der Waals surface area contributed by atoms with Crippen molar-refractivity contribution in [3.05, 3.63) is 29.8 Å². The fourth-order valence-corrected chi connectivity index (χ4v) is 3.38. The Hall–Kier alpha value is -2.68. The number of amides is 3. The van der Waals surface area contributed by atoms with Crippen LogP contribution in [0.4, 0.5) is 4.79 Å². The van der Waals surface area contributed by atoms with Gasteiger partial charge in [-0.1, -0.05) is 30.0 Å². The molecular formula is C18H21N3O5S. The number of aliphatic imine (C=N–C) groups is 2. The quantitative estimate of drug-likeness (QED) is 0.714. The molecule has 1 atom stereocenters. The van der Waals surface area contributed by atoms with Crippen molar-refractivity contribution in [3.8, 4) is 5.75 Å². The second kappa shape index (κ2) is 9.86. The first-order valence-corrected chi connectivity index (χ1v) is 9.30. The van der Waals surface area contributed by atoms with Crippen molar-refractivity contribution < 1.29 is 23.9 Å². The lowest BCUT2D eigenvalue weighted by Gasteiger charge is -2.19. The third kappa shape index (κ3) is 5.65. The van der Waals surface area contributed by atoms with Gasteiger partial charge in [0.25, 0.3) is 0 Å². The first-order chi connectivity index (χ1) is 13.0. The van der Waals surface area contributed by atoms with Gasteiger partial charge in [-0.15, -0.1) is 0 Å². The first kappa shape index (κ1) is 20.6. The summed E-state index contributed by atoms with van der Waals surface area (Å²) in [6.45, 7) is 3.76. The molecule has 1 N–H and O–H groups in total. The predicted molar refractivity (Wildman–Crippen MR) is 103 cm³/mol. The van der Waals surface area contributed by atoms with E-state index in [1.165, 1.54) is 0 Å². The van der Waals surface area contributed by atoms with Crippen LogP contribution >= 0.6 is 11.8 Å². The van der Waals surface area contributed by atoms with Crippen LogP contribution in [0.2, 0.25) is 0 Å². The molecule has 3 amide bonds. The topological polar surface area (TPSA) is 106 Å². The molecule has 8 nitrogen and oxygen atoms in total. The lowest BCUT2D eigenvalue weighted by molar-refractivity contribution is -0.143. The molecule has 2 rings (SSSR count). The summed E-state index contributed by atoms with van der Waals surface area (Å²) >= 11 is 1.02. The molecule has 9 heteroatoms. The molecule has 1 aliphatic heterocycles. The van der Waals surface area contributed by atoms with Crippen LogP contribution in [0.1, 0.15) is 19.4 Å². The van der Waals surface area contributed by atoms with Gasteiger partial charge < -0.3 is 14.8 Å². The monoisotopic (exact) mass is 391 g/mol. The summed E-state index contributed by atoms with van der Waals surface area (Å²) in [5, 5.41) is 3.00. The van der Waals surface area contributed by atoms with Gasteiger partial charge in [-0.2, -0.15) is 9.98 Å². The van der Waals surface area contributed by atoms with E-state index in [0.717, 1.165) is 17.3 Å². The number of nitrogens with zero attached hydrogens (tertiary/aromatic N) is 2. The van der Waals surface area contributed by atoms with Crippen LogP contribution in [0.3, 0.4) is 0 Å². The number of para-hydroxylation sites is 1. The molecule has 0 radical (unpaired) electrons. The van der Waals surface area contributed by atoms with Crippen LogP contribution < -0.4 is 10.1 Å². The highest BCUT2D eigenvalue weighted by molar-refractivity contribution is 8.14. The molecule has 144 valence electrons. The predicted octanol–water partition coefficient (Wildman–Crippen LogP) is 2.22. The Balaban J connectivity index is 1.96. The summed E-state index contributed by atoms with van der Waals surface area (Å²) in [5.74, 6) is -0.961. The van der Waals surface area contributed by atoms with Crippen molar-refractivity contribution in [2.75, 3.05) is 19.5 Å². The van der Waals surface area contributed by atoms with Gasteiger partial charge in [0, 0.05) is 17.8 Å². The molecule has 0 aliphatic carbocycles. The van der Waals surface area contributed by atoms with Gasteiger partial charge in [0.2, 0.25) is 5.91 Å². The Morgan fingerprint density at radius 1 is 1.26 bits per heavy atom. The number of carbonyl (C=O) groups excluding carboxylic acids is 3. The van der Waals surface area contributed by atoms with Gasteiger partial charge in [0.15, 0.2) is 0 Å². The van der Waals surface area contributed by atoms with E-state index < -0.39 is 17.9 Å². The molecule has 0 spiro atoms. The molecule has 27 heavy (non-hydrogen) atoms. The molecule has 0 fully saturated rings. The van der Waals surface area contributed by atoms with Crippen LogP contribution in [0.5, 0.6) is 5.75 Å². The van der Waals surface area contributed by atoms with Crippen LogP contribution in [0.15, 0.2) is 34.3 Å². The van der Waals surface area contributed by atoms with Crippen molar-refractivity contribution in [2.24, 2.45) is 15.9 Å². The summed E-state index contributed by atoms with van der Waals surface area (Å²) in [7, 11) is 1.56. The summed E-state index contributed by atoms with van der Waals surface area (Å²) in [6, 6.07) is 6.67. The number of ether oxygens (including phenoxy) is 2. The Morgan fingerprint density at radius 3 is 2.70 bits per heavy atom. The summed E-state index contributed by atoms with van der Waals surface area (Å²) in [4.78, 5) is 43.4. The summed E-state index contributed by atoms with van der Waals surface area (Å²) < 4.78 is 10.3. The molecule has 1 heterocycles. The molecule has 0 saturated heterocycles. The van der Waals surface area contributed by atoms with Gasteiger partial charge in [0.05, 0.1) is 24.5 Å². The maximum atomic E-state index is 12.2. The van der Waals surface area contributed by atoms with Gasteiger partial charge >= 0.3 is 12.0 Å². The molecule has 0 bridgehead atoms. The SMILES string of the molecule is CCOC(=O)C1C(C)=NC(=O)N=C1SCC(=O)NCc1ccccc1OC. The zero-order chi connectivity index (χ0) is 19.8. The van der Waals surface area contributed by atoms with Gasteiger partial charge in [0.1, 0.15) is 11.7 Å². The van der Waals surface area contributed by atoms with E-state index in [1.54, 1.807) is 21.0 Å². The second-order valence-corrected chi connectivity index (χ2v) is 6.54. The maximum Gasteiger partial charge on any atom is 0.367 e. The minimum atomic E-state index is -0.852. The molecular weight excluding hydrogens is 370 g/mol. The molecule has 1 aromatic rings. The van der Waals surface area contributed by atoms with E-state index in [0.29, 0.717) is 18.0 Å². The normalized spacial score (nSPS) is 16.3. The third-order valence-electron chi connectivity index (χ3n) is 3.68. The highest BCUT2D eigenvalue weighted by Crippen LogP contribution is 2.22. The van der Waals surface area contributed by atoms with Crippen molar-refractivity contribution in [3.63, 3.8) is 0 Å². The largest absolute Gasteiger partial charge is 0.496 e. The molecule has 1 unspecified atom stereocenters. The van der Waals surface area contributed by atoms with Crippen molar-refractivity contribution in [1.29, 1.82) is 0 Å². The van der Waals surface area contributed by atoms with E-state index in [4.69, 9.17) is 9.47 Å². The van der Waals surface area contributed by atoms with E-state index in [-0.39, 0.29) is 23.3 Å². The summed E-state index contributed by atoms with van der Waals surface area (Å²) in [6.07, 6.45) is 0.